The molecular formula is C10H17NO3. The van der Waals surface area contributed by atoms with E-state index in [9.17, 15) is 4.79 Å². The second kappa shape index (κ2) is 3.87. The average molecular weight is 199 g/mol. The first-order valence-corrected chi connectivity index (χ1v) is 5.27. The highest BCUT2D eigenvalue weighted by Crippen LogP contribution is 2.38. The number of aliphatic hydroxyl groups excluding tert-OH is 1. The molecule has 1 amide bonds. The predicted octanol–water partition coefficient (Wildman–Crippen LogP) is 0.0509. The molecule has 0 aromatic heterocycles. The van der Waals surface area contributed by atoms with Gasteiger partial charge in [0.2, 0.25) is 5.91 Å². The van der Waals surface area contributed by atoms with E-state index in [2.05, 4.69) is 5.32 Å². The molecule has 2 aliphatic rings. The Balaban J connectivity index is 1.87. The smallest absolute Gasteiger partial charge is 0.226 e. The minimum atomic E-state index is -0.151. The summed E-state index contributed by atoms with van der Waals surface area (Å²) in [6, 6.07) is -0.151. The summed E-state index contributed by atoms with van der Waals surface area (Å²) in [7, 11) is 0. The van der Waals surface area contributed by atoms with Gasteiger partial charge in [-0.25, -0.2) is 0 Å². The third-order valence-corrected chi connectivity index (χ3v) is 3.11. The van der Waals surface area contributed by atoms with Crippen LogP contribution < -0.4 is 5.32 Å². The summed E-state index contributed by atoms with van der Waals surface area (Å²) in [4.78, 5) is 11.7. The highest BCUT2D eigenvalue weighted by molar-refractivity contribution is 5.80. The Morgan fingerprint density at radius 3 is 2.93 bits per heavy atom. The highest BCUT2D eigenvalue weighted by Gasteiger charge is 2.44. The van der Waals surface area contributed by atoms with Gasteiger partial charge in [-0.2, -0.15) is 0 Å². The monoisotopic (exact) mass is 199 g/mol. The van der Waals surface area contributed by atoms with E-state index in [1.54, 1.807) is 6.92 Å². The normalized spacial score (nSPS) is 37.1. The first kappa shape index (κ1) is 9.93. The lowest BCUT2D eigenvalue weighted by Crippen LogP contribution is -2.42. The van der Waals surface area contributed by atoms with Crippen molar-refractivity contribution in [1.29, 1.82) is 0 Å². The summed E-state index contributed by atoms with van der Waals surface area (Å²) in [5, 5.41) is 11.6. The molecule has 3 unspecified atom stereocenters. The third kappa shape index (κ3) is 1.77. The molecule has 2 saturated heterocycles. The molecule has 2 fully saturated rings. The molecule has 0 aliphatic carbocycles. The standard InChI is InChI=1S/C10H17NO3/c1-6(5-12)11-10(13)8-4-7-2-3-9(8)14-7/h6-9,12H,2-5H2,1H3,(H,11,13)/t6-,7?,8?,9?/m0/s1. The largest absolute Gasteiger partial charge is 0.394 e. The summed E-state index contributed by atoms with van der Waals surface area (Å²) >= 11 is 0. The van der Waals surface area contributed by atoms with Crippen LogP contribution in [-0.4, -0.2) is 35.9 Å². The molecule has 2 bridgehead atoms. The van der Waals surface area contributed by atoms with E-state index in [1.807, 2.05) is 0 Å². The Bertz CT molecular complexity index is 231. The molecule has 2 aliphatic heterocycles. The van der Waals surface area contributed by atoms with Gasteiger partial charge < -0.3 is 15.2 Å². The molecule has 2 rings (SSSR count). The number of aliphatic hydroxyl groups is 1. The van der Waals surface area contributed by atoms with Crippen LogP contribution in [0.1, 0.15) is 26.2 Å². The van der Waals surface area contributed by atoms with Crippen LogP contribution in [-0.2, 0) is 9.53 Å². The third-order valence-electron chi connectivity index (χ3n) is 3.11. The molecule has 2 heterocycles. The van der Waals surface area contributed by atoms with E-state index >= 15 is 0 Å². The Labute approximate surface area is 83.6 Å². The molecular weight excluding hydrogens is 182 g/mol. The first-order chi connectivity index (χ1) is 6.70. The minimum Gasteiger partial charge on any atom is -0.394 e. The maximum atomic E-state index is 11.7. The van der Waals surface area contributed by atoms with E-state index in [4.69, 9.17) is 9.84 Å². The van der Waals surface area contributed by atoms with Crippen LogP contribution in [0.3, 0.4) is 0 Å². The predicted molar refractivity (Wildman–Crippen MR) is 50.7 cm³/mol. The maximum absolute atomic E-state index is 11.7. The Hall–Kier alpha value is -0.610. The van der Waals surface area contributed by atoms with Crippen molar-refractivity contribution in [2.24, 2.45) is 5.92 Å². The Kier molecular flexibility index (Phi) is 2.74. The zero-order valence-corrected chi connectivity index (χ0v) is 8.40. The van der Waals surface area contributed by atoms with Crippen LogP contribution in [0.4, 0.5) is 0 Å². The van der Waals surface area contributed by atoms with Crippen molar-refractivity contribution in [2.45, 2.75) is 44.4 Å². The molecule has 0 spiro atoms. The van der Waals surface area contributed by atoms with E-state index in [-0.39, 0.29) is 30.6 Å². The SMILES string of the molecule is C[C@@H](CO)NC(=O)C1CC2CCC1O2. The van der Waals surface area contributed by atoms with Crippen molar-refractivity contribution in [3.8, 4) is 0 Å². The number of amides is 1. The maximum Gasteiger partial charge on any atom is 0.226 e. The summed E-state index contributed by atoms with van der Waals surface area (Å²) < 4.78 is 5.60. The number of carbonyl (C=O) groups is 1. The summed E-state index contributed by atoms with van der Waals surface area (Å²) in [5.41, 5.74) is 0. The van der Waals surface area contributed by atoms with Gasteiger partial charge in [0.15, 0.2) is 0 Å². The van der Waals surface area contributed by atoms with Gasteiger partial charge in [0, 0.05) is 6.04 Å². The number of fused-ring (bicyclic) bond motifs is 2. The van der Waals surface area contributed by atoms with Crippen LogP contribution in [0.25, 0.3) is 0 Å². The van der Waals surface area contributed by atoms with Gasteiger partial charge in [-0.1, -0.05) is 0 Å². The van der Waals surface area contributed by atoms with Crippen LogP contribution in [0.5, 0.6) is 0 Å². The van der Waals surface area contributed by atoms with Gasteiger partial charge in [-0.3, -0.25) is 4.79 Å². The van der Waals surface area contributed by atoms with Crippen LogP contribution in [0, 0.1) is 5.92 Å². The van der Waals surface area contributed by atoms with E-state index < -0.39 is 0 Å². The fourth-order valence-electron chi connectivity index (χ4n) is 2.31. The number of carbonyl (C=O) groups excluding carboxylic acids is 1. The fraction of sp³-hybridized carbons (Fsp3) is 0.900. The fourth-order valence-corrected chi connectivity index (χ4v) is 2.31. The number of hydrogen-bond donors (Lipinski definition) is 2. The lowest BCUT2D eigenvalue weighted by molar-refractivity contribution is -0.127. The molecule has 0 aromatic rings. The Morgan fingerprint density at radius 2 is 2.43 bits per heavy atom. The van der Waals surface area contributed by atoms with Gasteiger partial charge in [0.1, 0.15) is 0 Å². The number of nitrogens with one attached hydrogen (secondary N) is 1. The summed E-state index contributed by atoms with van der Waals surface area (Å²) in [6.45, 7) is 1.79. The lowest BCUT2D eigenvalue weighted by atomic mass is 9.88. The molecule has 4 heteroatoms. The lowest BCUT2D eigenvalue weighted by Gasteiger charge is -2.20. The zero-order valence-electron chi connectivity index (χ0n) is 8.40. The highest BCUT2D eigenvalue weighted by atomic mass is 16.5. The second-order valence-corrected chi connectivity index (χ2v) is 4.31. The van der Waals surface area contributed by atoms with Crippen molar-refractivity contribution in [3.05, 3.63) is 0 Å². The summed E-state index contributed by atoms with van der Waals surface area (Å²) in [6.07, 6.45) is 3.40. The van der Waals surface area contributed by atoms with E-state index in [0.717, 1.165) is 19.3 Å². The topological polar surface area (TPSA) is 58.6 Å². The molecule has 80 valence electrons. The van der Waals surface area contributed by atoms with Crippen molar-refractivity contribution in [2.75, 3.05) is 6.61 Å². The molecule has 4 nitrogen and oxygen atoms in total. The van der Waals surface area contributed by atoms with Crippen LogP contribution in [0.2, 0.25) is 0 Å². The van der Waals surface area contributed by atoms with Gasteiger partial charge in [-0.15, -0.1) is 0 Å². The summed E-state index contributed by atoms with van der Waals surface area (Å²) in [5.74, 6) is 0.0569. The van der Waals surface area contributed by atoms with Crippen LogP contribution >= 0.6 is 0 Å². The first-order valence-electron chi connectivity index (χ1n) is 5.27. The number of ether oxygens (including phenoxy) is 1. The molecule has 0 aromatic carbocycles. The van der Waals surface area contributed by atoms with Crippen molar-refractivity contribution >= 4 is 5.91 Å². The minimum absolute atomic E-state index is 0.00654. The van der Waals surface area contributed by atoms with E-state index in [0.29, 0.717) is 6.10 Å². The average Bonchev–Trinajstić information content (AvgIpc) is 2.78. The van der Waals surface area contributed by atoms with Crippen molar-refractivity contribution < 1.29 is 14.6 Å². The second-order valence-electron chi connectivity index (χ2n) is 4.31. The molecule has 4 atom stereocenters. The van der Waals surface area contributed by atoms with Gasteiger partial charge in [0.05, 0.1) is 24.7 Å². The molecule has 0 saturated carbocycles. The van der Waals surface area contributed by atoms with E-state index in [1.165, 1.54) is 0 Å². The Morgan fingerprint density at radius 1 is 1.64 bits per heavy atom. The van der Waals surface area contributed by atoms with Crippen LogP contribution in [0.15, 0.2) is 0 Å². The number of hydrogen-bond acceptors (Lipinski definition) is 3. The number of rotatable bonds is 3. The molecule has 0 radical (unpaired) electrons. The van der Waals surface area contributed by atoms with Gasteiger partial charge >= 0.3 is 0 Å². The van der Waals surface area contributed by atoms with Gasteiger partial charge in [-0.05, 0) is 26.2 Å². The quantitative estimate of drug-likeness (QED) is 0.675. The van der Waals surface area contributed by atoms with Crippen molar-refractivity contribution in [1.82, 2.24) is 5.32 Å². The van der Waals surface area contributed by atoms with Crippen molar-refractivity contribution in [3.63, 3.8) is 0 Å². The molecule has 2 N–H and O–H groups in total. The van der Waals surface area contributed by atoms with Gasteiger partial charge in [0.25, 0.3) is 0 Å². The zero-order chi connectivity index (χ0) is 10.1. The molecule has 14 heavy (non-hydrogen) atoms.